The molecule has 2 N–H and O–H groups in total. The Morgan fingerprint density at radius 2 is 2.04 bits per heavy atom. The van der Waals surface area contributed by atoms with Gasteiger partial charge in [0.05, 0.1) is 25.1 Å². The van der Waals surface area contributed by atoms with Crippen LogP contribution in [0.3, 0.4) is 0 Å². The Labute approximate surface area is 163 Å². The van der Waals surface area contributed by atoms with E-state index < -0.39 is 10.0 Å². The van der Waals surface area contributed by atoms with E-state index in [0.29, 0.717) is 29.1 Å². The van der Waals surface area contributed by atoms with Crippen molar-refractivity contribution >= 4 is 27.3 Å². The van der Waals surface area contributed by atoms with Gasteiger partial charge >= 0.3 is 0 Å². The van der Waals surface area contributed by atoms with Crippen LogP contribution in [0.25, 0.3) is 0 Å². The summed E-state index contributed by atoms with van der Waals surface area (Å²) in [5.74, 6) is 0.0915. The summed E-state index contributed by atoms with van der Waals surface area (Å²) in [5.41, 5.74) is 2.49. The van der Waals surface area contributed by atoms with Crippen LogP contribution in [0.1, 0.15) is 30.5 Å². The number of carbonyl (C=O) groups is 1. The minimum atomic E-state index is -3.40. The number of carbonyl (C=O) groups excluding carboxylic acids is 1. The molecule has 0 radical (unpaired) electrons. The van der Waals surface area contributed by atoms with Crippen molar-refractivity contribution in [2.75, 3.05) is 18.1 Å². The Morgan fingerprint density at radius 1 is 1.29 bits per heavy atom. The second kappa shape index (κ2) is 7.51. The summed E-state index contributed by atoms with van der Waals surface area (Å²) in [4.78, 5) is 12.1. The number of aromatic hydroxyl groups is 1. The van der Waals surface area contributed by atoms with Crippen molar-refractivity contribution in [3.05, 3.63) is 53.6 Å². The van der Waals surface area contributed by atoms with Gasteiger partial charge in [-0.1, -0.05) is 18.2 Å². The quantitative estimate of drug-likeness (QED) is 0.797. The molecule has 9 heteroatoms. The van der Waals surface area contributed by atoms with Gasteiger partial charge in [0.2, 0.25) is 15.9 Å². The zero-order chi connectivity index (χ0) is 20.5. The molecule has 0 saturated carbocycles. The summed E-state index contributed by atoms with van der Waals surface area (Å²) < 4.78 is 30.4. The van der Waals surface area contributed by atoms with Crippen LogP contribution >= 0.6 is 0 Å². The molecule has 0 aliphatic carbocycles. The average Bonchev–Trinajstić information content (AvgIpc) is 3.06. The summed E-state index contributed by atoms with van der Waals surface area (Å²) in [6.45, 7) is 1.42. The molecule has 1 aliphatic heterocycles. The van der Waals surface area contributed by atoms with Crippen molar-refractivity contribution in [2.45, 2.75) is 19.4 Å². The maximum Gasteiger partial charge on any atom is 0.240 e. The minimum Gasteiger partial charge on any atom is -0.504 e. The second-order valence-corrected chi connectivity index (χ2v) is 8.26. The van der Waals surface area contributed by atoms with Crippen LogP contribution in [0.4, 0.5) is 5.69 Å². The molecule has 0 fully saturated rings. The second-order valence-electron chi connectivity index (χ2n) is 6.52. The highest BCUT2D eigenvalue weighted by Crippen LogP contribution is 2.37. The lowest BCUT2D eigenvalue weighted by atomic mass is 9.98. The van der Waals surface area contributed by atoms with Gasteiger partial charge in [-0.2, -0.15) is 5.10 Å². The predicted octanol–water partition coefficient (Wildman–Crippen LogP) is 2.47. The van der Waals surface area contributed by atoms with Crippen LogP contribution in [0.15, 0.2) is 47.6 Å². The van der Waals surface area contributed by atoms with Crippen molar-refractivity contribution < 1.29 is 23.1 Å². The summed E-state index contributed by atoms with van der Waals surface area (Å²) >= 11 is 0. The number of sulfonamides is 1. The minimum absolute atomic E-state index is 0.0173. The molecule has 0 spiro atoms. The molecule has 0 saturated heterocycles. The van der Waals surface area contributed by atoms with Gasteiger partial charge in [0.25, 0.3) is 0 Å². The molecule has 148 valence electrons. The first kappa shape index (κ1) is 19.7. The third kappa shape index (κ3) is 4.25. The number of hydrazone groups is 1. The summed E-state index contributed by atoms with van der Waals surface area (Å²) in [6, 6.07) is 11.4. The maximum atomic E-state index is 12.1. The lowest BCUT2D eigenvalue weighted by Gasteiger charge is -2.21. The highest BCUT2D eigenvalue weighted by atomic mass is 32.2. The molecule has 0 aromatic heterocycles. The third-order valence-electron chi connectivity index (χ3n) is 4.32. The van der Waals surface area contributed by atoms with E-state index in [-0.39, 0.29) is 17.7 Å². The molecule has 1 amide bonds. The van der Waals surface area contributed by atoms with Crippen molar-refractivity contribution in [3.63, 3.8) is 0 Å². The van der Waals surface area contributed by atoms with E-state index in [0.717, 1.165) is 11.8 Å². The zero-order valence-corrected chi connectivity index (χ0v) is 16.5. The van der Waals surface area contributed by atoms with E-state index in [1.54, 1.807) is 42.5 Å². The fourth-order valence-electron chi connectivity index (χ4n) is 3.13. The number of nitrogens with zero attached hydrogens (tertiary/aromatic N) is 2. The lowest BCUT2D eigenvalue weighted by Crippen LogP contribution is -2.24. The van der Waals surface area contributed by atoms with Gasteiger partial charge in [-0.15, -0.1) is 0 Å². The molecule has 2 aromatic carbocycles. The van der Waals surface area contributed by atoms with E-state index in [1.807, 2.05) is 0 Å². The van der Waals surface area contributed by atoms with E-state index in [9.17, 15) is 18.3 Å². The topological polar surface area (TPSA) is 108 Å². The van der Waals surface area contributed by atoms with Gasteiger partial charge < -0.3 is 9.84 Å². The van der Waals surface area contributed by atoms with Crippen LogP contribution in [0.5, 0.6) is 11.5 Å². The summed E-state index contributed by atoms with van der Waals surface area (Å²) in [5, 5.41) is 15.9. The number of rotatable bonds is 5. The Balaban J connectivity index is 1.93. The lowest BCUT2D eigenvalue weighted by molar-refractivity contribution is -0.130. The van der Waals surface area contributed by atoms with Gasteiger partial charge in [-0.05, 0) is 35.4 Å². The predicted molar refractivity (Wildman–Crippen MR) is 106 cm³/mol. The fraction of sp³-hybridized carbons (Fsp3) is 0.263. The Hall–Kier alpha value is -3.07. The standard InChI is InChI=1S/C19H21N3O5S/c1-12(23)22-17(14-7-8-19(27-2)18(24)10-14)11-16(20-22)13-5-4-6-15(9-13)21-28(3,25)26/h4-10,17,21,24H,11H2,1-3H3/t17-/m1/s1. The van der Waals surface area contributed by atoms with Gasteiger partial charge in [0, 0.05) is 19.0 Å². The molecular weight excluding hydrogens is 382 g/mol. The monoisotopic (exact) mass is 403 g/mol. The molecule has 0 unspecified atom stereocenters. The SMILES string of the molecule is COc1ccc([C@H]2CC(c3cccc(NS(C)(=O)=O)c3)=NN2C(C)=O)cc1O. The number of nitrogens with one attached hydrogen (secondary N) is 1. The van der Waals surface area contributed by atoms with Gasteiger partial charge in [-0.25, -0.2) is 13.4 Å². The van der Waals surface area contributed by atoms with E-state index >= 15 is 0 Å². The first-order valence-corrected chi connectivity index (χ1v) is 10.4. The Morgan fingerprint density at radius 3 is 2.64 bits per heavy atom. The van der Waals surface area contributed by atoms with Gasteiger partial charge in [-0.3, -0.25) is 9.52 Å². The van der Waals surface area contributed by atoms with Crippen LogP contribution in [0.2, 0.25) is 0 Å². The number of phenols is 1. The molecular formula is C19H21N3O5S. The fourth-order valence-corrected chi connectivity index (χ4v) is 3.68. The molecule has 1 aliphatic rings. The number of benzene rings is 2. The Kier molecular flexibility index (Phi) is 5.28. The number of methoxy groups -OCH3 is 1. The molecule has 0 bridgehead atoms. The smallest absolute Gasteiger partial charge is 0.240 e. The number of hydrogen-bond acceptors (Lipinski definition) is 6. The largest absolute Gasteiger partial charge is 0.504 e. The van der Waals surface area contributed by atoms with Crippen LogP contribution in [0, 0.1) is 0 Å². The van der Waals surface area contributed by atoms with E-state index in [1.165, 1.54) is 19.0 Å². The van der Waals surface area contributed by atoms with Crippen LogP contribution < -0.4 is 9.46 Å². The van der Waals surface area contributed by atoms with Crippen LogP contribution in [-0.2, 0) is 14.8 Å². The summed E-state index contributed by atoms with van der Waals surface area (Å²) in [6.07, 6.45) is 1.50. The molecule has 2 aromatic rings. The van der Waals surface area contributed by atoms with Crippen LogP contribution in [-0.4, -0.2) is 43.5 Å². The highest BCUT2D eigenvalue weighted by molar-refractivity contribution is 7.92. The molecule has 28 heavy (non-hydrogen) atoms. The van der Waals surface area contributed by atoms with Crippen molar-refractivity contribution in [3.8, 4) is 11.5 Å². The van der Waals surface area contributed by atoms with E-state index in [2.05, 4.69) is 9.82 Å². The zero-order valence-electron chi connectivity index (χ0n) is 15.7. The molecule has 8 nitrogen and oxygen atoms in total. The summed E-state index contributed by atoms with van der Waals surface area (Å²) in [7, 11) is -1.94. The van der Waals surface area contributed by atoms with Crippen molar-refractivity contribution in [2.24, 2.45) is 5.10 Å². The number of amides is 1. The van der Waals surface area contributed by atoms with Crippen molar-refractivity contribution in [1.29, 1.82) is 0 Å². The highest BCUT2D eigenvalue weighted by Gasteiger charge is 2.32. The van der Waals surface area contributed by atoms with Gasteiger partial charge in [0.1, 0.15) is 0 Å². The maximum absolute atomic E-state index is 12.1. The molecule has 1 atom stereocenters. The van der Waals surface area contributed by atoms with Gasteiger partial charge in [0.15, 0.2) is 11.5 Å². The number of anilines is 1. The van der Waals surface area contributed by atoms with E-state index in [4.69, 9.17) is 4.74 Å². The van der Waals surface area contributed by atoms with Crippen molar-refractivity contribution in [1.82, 2.24) is 5.01 Å². The first-order valence-electron chi connectivity index (χ1n) is 8.50. The number of phenolic OH excluding ortho intramolecular Hbond substituents is 1. The molecule has 1 heterocycles. The normalized spacial score (nSPS) is 16.6. The third-order valence-corrected chi connectivity index (χ3v) is 4.93. The number of hydrogen-bond donors (Lipinski definition) is 2. The number of ether oxygens (including phenoxy) is 1. The first-order chi connectivity index (χ1) is 13.2. The Bertz CT molecular complexity index is 1050. The molecule has 3 rings (SSSR count). The average molecular weight is 403 g/mol.